The van der Waals surface area contributed by atoms with Gasteiger partial charge in [-0.1, -0.05) is 23.2 Å². The summed E-state index contributed by atoms with van der Waals surface area (Å²) in [5.41, 5.74) is 0.341. The van der Waals surface area contributed by atoms with Crippen molar-refractivity contribution in [2.45, 2.75) is 12.6 Å². The van der Waals surface area contributed by atoms with Crippen molar-refractivity contribution in [3.05, 3.63) is 63.6 Å². The minimum Gasteiger partial charge on any atom is -0.378 e. The van der Waals surface area contributed by atoms with Crippen LogP contribution in [0.25, 0.3) is 0 Å². The molecule has 110 valence electrons. The van der Waals surface area contributed by atoms with Gasteiger partial charge in [0.15, 0.2) is 6.10 Å². The Morgan fingerprint density at radius 1 is 1.33 bits per heavy atom. The number of hydrogen-bond acceptors (Lipinski definition) is 3. The van der Waals surface area contributed by atoms with E-state index in [1.165, 1.54) is 36.5 Å². The zero-order valence-corrected chi connectivity index (χ0v) is 12.2. The Hall–Kier alpha value is -1.69. The highest BCUT2D eigenvalue weighted by molar-refractivity contribution is 6.34. The number of halogens is 3. The topological polar surface area (TPSA) is 62.2 Å². The molecule has 2 rings (SSSR count). The second-order valence-corrected chi connectivity index (χ2v) is 5.13. The summed E-state index contributed by atoms with van der Waals surface area (Å²) < 4.78 is 13.4. The zero-order chi connectivity index (χ0) is 15.4. The van der Waals surface area contributed by atoms with Crippen LogP contribution in [0.5, 0.6) is 0 Å². The molecular weight excluding hydrogens is 318 g/mol. The first-order valence-corrected chi connectivity index (χ1v) is 6.74. The van der Waals surface area contributed by atoms with E-state index in [1.807, 2.05) is 0 Å². The van der Waals surface area contributed by atoms with Crippen molar-refractivity contribution in [1.29, 1.82) is 0 Å². The summed E-state index contributed by atoms with van der Waals surface area (Å²) in [6.45, 7) is -0.128. The van der Waals surface area contributed by atoms with Gasteiger partial charge in [0, 0.05) is 16.2 Å². The second kappa shape index (κ2) is 6.85. The van der Waals surface area contributed by atoms with E-state index >= 15 is 0 Å². The van der Waals surface area contributed by atoms with Crippen molar-refractivity contribution in [2.75, 3.05) is 0 Å². The maximum atomic E-state index is 13.4. The van der Waals surface area contributed by atoms with Gasteiger partial charge in [-0.3, -0.25) is 9.78 Å². The number of benzene rings is 1. The Labute approximate surface area is 130 Å². The molecule has 2 N–H and O–H groups in total. The summed E-state index contributed by atoms with van der Waals surface area (Å²) in [4.78, 5) is 15.7. The number of aliphatic hydroxyl groups excluding tert-OH is 1. The lowest BCUT2D eigenvalue weighted by atomic mass is 10.1. The summed E-state index contributed by atoms with van der Waals surface area (Å²) in [6, 6.07) is 7.03. The van der Waals surface area contributed by atoms with Crippen LogP contribution in [0.3, 0.4) is 0 Å². The van der Waals surface area contributed by atoms with Crippen LogP contribution < -0.4 is 5.32 Å². The third-order valence-corrected chi connectivity index (χ3v) is 3.15. The van der Waals surface area contributed by atoms with Crippen LogP contribution in [0, 0.1) is 5.82 Å². The minimum absolute atomic E-state index is 0.0853. The van der Waals surface area contributed by atoms with Gasteiger partial charge in [0.05, 0.1) is 12.2 Å². The Morgan fingerprint density at radius 2 is 2.00 bits per heavy atom. The molecule has 0 fully saturated rings. The smallest absolute Gasteiger partial charge is 0.253 e. The van der Waals surface area contributed by atoms with Gasteiger partial charge < -0.3 is 10.4 Å². The van der Waals surface area contributed by atoms with Crippen molar-refractivity contribution in [1.82, 2.24) is 10.3 Å². The number of rotatable bonds is 4. The maximum Gasteiger partial charge on any atom is 0.253 e. The molecule has 0 aliphatic carbocycles. The lowest BCUT2D eigenvalue weighted by Gasteiger charge is -2.12. The Morgan fingerprint density at radius 3 is 2.62 bits per heavy atom. The van der Waals surface area contributed by atoms with Gasteiger partial charge in [0.1, 0.15) is 5.82 Å². The largest absolute Gasteiger partial charge is 0.378 e. The molecular formula is C14H11Cl2FN2O2. The average molecular weight is 329 g/mol. The van der Waals surface area contributed by atoms with Crippen LogP contribution in [0.1, 0.15) is 17.4 Å². The summed E-state index contributed by atoms with van der Waals surface area (Å²) >= 11 is 11.6. The number of aliphatic hydroxyl groups is 1. The first kappa shape index (κ1) is 15.7. The SMILES string of the molecule is O=C(NCc1ncccc1F)C(O)c1cc(Cl)cc(Cl)c1. The molecule has 0 spiro atoms. The molecule has 1 unspecified atom stereocenters. The van der Waals surface area contributed by atoms with E-state index in [9.17, 15) is 14.3 Å². The first-order valence-electron chi connectivity index (χ1n) is 5.98. The molecule has 1 aromatic heterocycles. The summed E-state index contributed by atoms with van der Waals surface area (Å²) in [5, 5.41) is 13.0. The molecule has 1 aromatic carbocycles. The molecule has 0 radical (unpaired) electrons. The number of carbonyl (C=O) groups excluding carboxylic acids is 1. The number of nitrogens with one attached hydrogen (secondary N) is 1. The fraction of sp³-hybridized carbons (Fsp3) is 0.143. The predicted molar refractivity (Wildman–Crippen MR) is 77.5 cm³/mol. The van der Waals surface area contributed by atoms with Crippen LogP contribution in [0.2, 0.25) is 10.0 Å². The van der Waals surface area contributed by atoms with Crippen molar-refractivity contribution in [3.63, 3.8) is 0 Å². The van der Waals surface area contributed by atoms with E-state index in [0.717, 1.165) is 0 Å². The molecule has 7 heteroatoms. The molecule has 21 heavy (non-hydrogen) atoms. The van der Waals surface area contributed by atoms with Crippen LogP contribution in [0.15, 0.2) is 36.5 Å². The normalized spacial score (nSPS) is 12.0. The van der Waals surface area contributed by atoms with E-state index in [1.54, 1.807) is 0 Å². The number of hydrogen-bond donors (Lipinski definition) is 2. The lowest BCUT2D eigenvalue weighted by Crippen LogP contribution is -2.29. The molecule has 1 heterocycles. The van der Waals surface area contributed by atoms with Gasteiger partial charge in [-0.2, -0.15) is 0 Å². The van der Waals surface area contributed by atoms with Gasteiger partial charge >= 0.3 is 0 Å². The Balaban J connectivity index is 2.04. The summed E-state index contributed by atoms with van der Waals surface area (Å²) in [5.74, 6) is -1.23. The number of carbonyl (C=O) groups is 1. The maximum absolute atomic E-state index is 13.4. The van der Waals surface area contributed by atoms with E-state index < -0.39 is 17.8 Å². The van der Waals surface area contributed by atoms with Crippen LogP contribution in [-0.4, -0.2) is 16.0 Å². The van der Waals surface area contributed by atoms with Gasteiger partial charge in [0.2, 0.25) is 0 Å². The van der Waals surface area contributed by atoms with Crippen molar-refractivity contribution >= 4 is 29.1 Å². The van der Waals surface area contributed by atoms with Crippen LogP contribution in [0.4, 0.5) is 4.39 Å². The van der Waals surface area contributed by atoms with E-state index in [4.69, 9.17) is 23.2 Å². The van der Waals surface area contributed by atoms with Gasteiger partial charge in [-0.15, -0.1) is 0 Å². The number of pyridine rings is 1. The molecule has 0 saturated carbocycles. The quantitative estimate of drug-likeness (QED) is 0.907. The fourth-order valence-corrected chi connectivity index (χ4v) is 2.24. The second-order valence-electron chi connectivity index (χ2n) is 4.26. The Bertz CT molecular complexity index is 647. The minimum atomic E-state index is -1.45. The predicted octanol–water partition coefficient (Wildman–Crippen LogP) is 2.88. The molecule has 0 saturated heterocycles. The van der Waals surface area contributed by atoms with Crippen molar-refractivity contribution in [3.8, 4) is 0 Å². The highest BCUT2D eigenvalue weighted by Crippen LogP contribution is 2.23. The van der Waals surface area contributed by atoms with Gasteiger partial charge in [-0.05, 0) is 35.9 Å². The highest BCUT2D eigenvalue weighted by atomic mass is 35.5. The average Bonchev–Trinajstić information content (AvgIpc) is 2.44. The Kier molecular flexibility index (Phi) is 5.12. The lowest BCUT2D eigenvalue weighted by molar-refractivity contribution is -0.129. The molecule has 0 bridgehead atoms. The standard InChI is InChI=1S/C14H11Cl2FN2O2/c15-9-4-8(5-10(16)6-9)13(20)14(21)19-7-12-11(17)2-1-3-18-12/h1-6,13,20H,7H2,(H,19,21). The number of nitrogens with zero attached hydrogens (tertiary/aromatic N) is 1. The third kappa shape index (κ3) is 4.14. The van der Waals surface area contributed by atoms with Crippen molar-refractivity contribution < 1.29 is 14.3 Å². The van der Waals surface area contributed by atoms with Gasteiger partial charge in [0.25, 0.3) is 5.91 Å². The van der Waals surface area contributed by atoms with Crippen LogP contribution >= 0.6 is 23.2 Å². The molecule has 1 atom stereocenters. The van der Waals surface area contributed by atoms with Crippen molar-refractivity contribution in [2.24, 2.45) is 0 Å². The number of aromatic nitrogens is 1. The number of amides is 1. The highest BCUT2D eigenvalue weighted by Gasteiger charge is 2.18. The van der Waals surface area contributed by atoms with E-state index in [-0.39, 0.29) is 17.8 Å². The van der Waals surface area contributed by atoms with E-state index in [2.05, 4.69) is 10.3 Å². The molecule has 1 amide bonds. The first-order chi connectivity index (χ1) is 9.97. The molecule has 4 nitrogen and oxygen atoms in total. The third-order valence-electron chi connectivity index (χ3n) is 2.71. The molecule has 0 aliphatic heterocycles. The summed E-state index contributed by atoms with van der Waals surface area (Å²) in [7, 11) is 0. The molecule has 0 aliphatic rings. The van der Waals surface area contributed by atoms with E-state index in [0.29, 0.717) is 10.0 Å². The van der Waals surface area contributed by atoms with Crippen LogP contribution in [-0.2, 0) is 11.3 Å². The zero-order valence-electron chi connectivity index (χ0n) is 10.7. The summed E-state index contributed by atoms with van der Waals surface area (Å²) in [6.07, 6.45) is -0.0365. The fourth-order valence-electron chi connectivity index (χ4n) is 1.70. The van der Waals surface area contributed by atoms with Gasteiger partial charge in [-0.25, -0.2) is 4.39 Å². The molecule has 2 aromatic rings. The monoisotopic (exact) mass is 328 g/mol.